The maximum atomic E-state index is 8.91. The van der Waals surface area contributed by atoms with Crippen LogP contribution in [0.25, 0.3) is 0 Å². The van der Waals surface area contributed by atoms with Crippen LogP contribution in [-0.4, -0.2) is 26.6 Å². The molecule has 1 aromatic carbocycles. The molecular formula is C12H19NO5. The maximum Gasteiger partial charge on any atom is 0.291 e. The van der Waals surface area contributed by atoms with Gasteiger partial charge in [0.25, 0.3) is 5.09 Å². The first-order valence-electron chi connectivity index (χ1n) is 5.77. The Morgan fingerprint density at radius 1 is 1.11 bits per heavy atom. The largest absolute Gasteiger partial charge is 0.508 e. The van der Waals surface area contributed by atoms with Gasteiger partial charge in [-0.3, -0.25) is 0 Å². The van der Waals surface area contributed by atoms with Gasteiger partial charge in [0.05, 0.1) is 6.10 Å². The summed E-state index contributed by atoms with van der Waals surface area (Å²) in [4.78, 5) is 8.36. The summed E-state index contributed by atoms with van der Waals surface area (Å²) in [7, 11) is 0. The van der Waals surface area contributed by atoms with Gasteiger partial charge in [0.15, 0.2) is 0 Å². The number of aliphatic hydroxyl groups is 1. The summed E-state index contributed by atoms with van der Waals surface area (Å²) in [5, 5.41) is 31.2. The monoisotopic (exact) mass is 257 g/mol. The van der Waals surface area contributed by atoms with Crippen molar-refractivity contribution < 1.29 is 20.5 Å². The van der Waals surface area contributed by atoms with E-state index in [0.717, 1.165) is 12.8 Å². The molecule has 1 fully saturated rings. The van der Waals surface area contributed by atoms with Gasteiger partial charge >= 0.3 is 0 Å². The van der Waals surface area contributed by atoms with E-state index in [-0.39, 0.29) is 6.10 Å². The van der Waals surface area contributed by atoms with Gasteiger partial charge in [0, 0.05) is 0 Å². The molecule has 6 nitrogen and oxygen atoms in total. The summed E-state index contributed by atoms with van der Waals surface area (Å²) >= 11 is 0. The number of benzene rings is 1. The normalized spacial score (nSPS) is 14.5. The Morgan fingerprint density at radius 2 is 1.56 bits per heavy atom. The number of rotatable bonds is 0. The molecule has 3 N–H and O–H groups in total. The molecule has 0 aliphatic heterocycles. The predicted molar refractivity (Wildman–Crippen MR) is 66.0 cm³/mol. The van der Waals surface area contributed by atoms with Gasteiger partial charge in [-0.1, -0.05) is 37.5 Å². The van der Waals surface area contributed by atoms with E-state index in [1.165, 1.54) is 19.3 Å². The summed E-state index contributed by atoms with van der Waals surface area (Å²) in [5.41, 5.74) is 0. The third-order valence-electron chi connectivity index (χ3n) is 2.33. The van der Waals surface area contributed by atoms with Crippen molar-refractivity contribution >= 4 is 0 Å². The van der Waals surface area contributed by atoms with Gasteiger partial charge in [-0.25, -0.2) is 0 Å². The zero-order chi connectivity index (χ0) is 13.8. The lowest BCUT2D eigenvalue weighted by Gasteiger charge is -2.14. The SMILES string of the molecule is O=[N+]([O-])O.OC1CCCCC1.Oc1ccccc1. The Balaban J connectivity index is 0.000000253. The lowest BCUT2D eigenvalue weighted by molar-refractivity contribution is -0.742. The Kier molecular flexibility index (Phi) is 9.30. The van der Waals surface area contributed by atoms with Crippen molar-refractivity contribution in [2.45, 2.75) is 38.2 Å². The minimum Gasteiger partial charge on any atom is -0.508 e. The molecule has 0 radical (unpaired) electrons. The van der Waals surface area contributed by atoms with Crippen molar-refractivity contribution in [1.82, 2.24) is 0 Å². The highest BCUT2D eigenvalue weighted by molar-refractivity contribution is 5.18. The molecule has 1 aromatic rings. The van der Waals surface area contributed by atoms with E-state index in [1.54, 1.807) is 24.3 Å². The molecule has 102 valence electrons. The van der Waals surface area contributed by atoms with Crippen LogP contribution < -0.4 is 0 Å². The average Bonchev–Trinajstić information content (AvgIpc) is 2.31. The Hall–Kier alpha value is -1.82. The molecule has 0 amide bonds. The van der Waals surface area contributed by atoms with Crippen LogP contribution in [-0.2, 0) is 0 Å². The number of hydrogen-bond acceptors (Lipinski definition) is 4. The molecule has 0 aromatic heterocycles. The van der Waals surface area contributed by atoms with Gasteiger partial charge in [0.2, 0.25) is 0 Å². The molecule has 1 aliphatic carbocycles. The van der Waals surface area contributed by atoms with E-state index < -0.39 is 5.09 Å². The van der Waals surface area contributed by atoms with Crippen LogP contribution in [0.3, 0.4) is 0 Å². The molecule has 0 bridgehead atoms. The van der Waals surface area contributed by atoms with E-state index in [4.69, 9.17) is 25.5 Å². The minimum atomic E-state index is -1.50. The summed E-state index contributed by atoms with van der Waals surface area (Å²) in [5.74, 6) is 0.322. The highest BCUT2D eigenvalue weighted by Crippen LogP contribution is 2.16. The van der Waals surface area contributed by atoms with Crippen molar-refractivity contribution in [1.29, 1.82) is 0 Å². The molecular weight excluding hydrogens is 238 g/mol. The van der Waals surface area contributed by atoms with Crippen molar-refractivity contribution in [2.75, 3.05) is 0 Å². The first kappa shape index (κ1) is 16.2. The van der Waals surface area contributed by atoms with Crippen molar-refractivity contribution in [3.63, 3.8) is 0 Å². The van der Waals surface area contributed by atoms with E-state index in [0.29, 0.717) is 5.75 Å². The van der Waals surface area contributed by atoms with E-state index in [1.807, 2.05) is 6.07 Å². The fourth-order valence-electron chi connectivity index (χ4n) is 1.51. The third-order valence-corrected chi connectivity index (χ3v) is 2.33. The lowest BCUT2D eigenvalue weighted by atomic mass is 9.98. The van der Waals surface area contributed by atoms with Crippen LogP contribution >= 0.6 is 0 Å². The van der Waals surface area contributed by atoms with Crippen LogP contribution in [0.5, 0.6) is 5.75 Å². The third kappa shape index (κ3) is 12.3. The van der Waals surface area contributed by atoms with Crippen LogP contribution in [0.15, 0.2) is 30.3 Å². The van der Waals surface area contributed by atoms with Crippen molar-refractivity contribution in [2.24, 2.45) is 0 Å². The number of nitrogens with zero attached hydrogens (tertiary/aromatic N) is 1. The zero-order valence-corrected chi connectivity index (χ0v) is 10.1. The van der Waals surface area contributed by atoms with Gasteiger partial charge in [0.1, 0.15) is 5.75 Å². The number of hydrogen-bond donors (Lipinski definition) is 3. The standard InChI is InChI=1S/C6H12O.C6H6O.HNO3/c2*7-6-4-2-1-3-5-6;2-1(3)4/h6-7H,1-5H2;1-5,7H;(H,2,3,4). The van der Waals surface area contributed by atoms with Gasteiger partial charge in [-0.05, 0) is 25.0 Å². The fraction of sp³-hybridized carbons (Fsp3) is 0.500. The second kappa shape index (κ2) is 10.3. The van der Waals surface area contributed by atoms with Crippen LogP contribution in [0.1, 0.15) is 32.1 Å². The molecule has 0 unspecified atom stereocenters. The summed E-state index contributed by atoms with van der Waals surface area (Å²) in [6.07, 6.45) is 5.92. The van der Waals surface area contributed by atoms with Gasteiger partial charge in [-0.15, -0.1) is 10.1 Å². The van der Waals surface area contributed by atoms with Crippen molar-refractivity contribution in [3.05, 3.63) is 40.4 Å². The van der Waals surface area contributed by atoms with Gasteiger partial charge < -0.3 is 15.4 Å². The molecule has 0 spiro atoms. The van der Waals surface area contributed by atoms with Crippen LogP contribution in [0, 0.1) is 10.1 Å². The van der Waals surface area contributed by atoms with Crippen LogP contribution in [0.2, 0.25) is 0 Å². The molecule has 0 heterocycles. The molecule has 18 heavy (non-hydrogen) atoms. The molecule has 2 rings (SSSR count). The predicted octanol–water partition coefficient (Wildman–Crippen LogP) is 2.36. The second-order valence-corrected chi connectivity index (χ2v) is 3.87. The molecule has 0 saturated heterocycles. The summed E-state index contributed by atoms with van der Waals surface area (Å²) < 4.78 is 0. The van der Waals surface area contributed by atoms with Crippen LogP contribution in [0.4, 0.5) is 0 Å². The van der Waals surface area contributed by atoms with E-state index >= 15 is 0 Å². The Morgan fingerprint density at radius 3 is 1.78 bits per heavy atom. The maximum absolute atomic E-state index is 8.91. The molecule has 0 atom stereocenters. The van der Waals surface area contributed by atoms with Gasteiger partial charge in [-0.2, -0.15) is 0 Å². The number of phenols is 1. The zero-order valence-electron chi connectivity index (χ0n) is 10.1. The molecule has 6 heteroatoms. The summed E-state index contributed by atoms with van der Waals surface area (Å²) in [6, 6.07) is 8.71. The second-order valence-electron chi connectivity index (χ2n) is 3.87. The van der Waals surface area contributed by atoms with Crippen molar-refractivity contribution in [3.8, 4) is 5.75 Å². The number of aromatic hydroxyl groups is 1. The lowest BCUT2D eigenvalue weighted by Crippen LogP contribution is -2.09. The highest BCUT2D eigenvalue weighted by atomic mass is 16.9. The Bertz CT molecular complexity index is 308. The fourth-order valence-corrected chi connectivity index (χ4v) is 1.51. The Labute approximate surface area is 106 Å². The quantitative estimate of drug-likeness (QED) is 0.489. The minimum absolute atomic E-state index is 0.0359. The van der Waals surface area contributed by atoms with E-state index in [2.05, 4.69) is 0 Å². The smallest absolute Gasteiger partial charge is 0.291 e. The number of phenolic OH excluding ortho intramolecular Hbond substituents is 1. The molecule has 1 aliphatic rings. The van der Waals surface area contributed by atoms with E-state index in [9.17, 15) is 0 Å². The first-order valence-corrected chi connectivity index (χ1v) is 5.77. The topological polar surface area (TPSA) is 104 Å². The highest BCUT2D eigenvalue weighted by Gasteiger charge is 2.07. The number of para-hydroxylation sites is 1. The molecule has 1 saturated carbocycles. The first-order chi connectivity index (χ1) is 8.52. The summed E-state index contributed by atoms with van der Waals surface area (Å²) in [6.45, 7) is 0. The average molecular weight is 257 g/mol. The number of aliphatic hydroxyl groups excluding tert-OH is 1.